The highest BCUT2D eigenvalue weighted by molar-refractivity contribution is 7.37. The van der Waals surface area contributed by atoms with Crippen molar-refractivity contribution in [2.75, 3.05) is 0 Å². The third-order valence-electron chi connectivity index (χ3n) is 1.59. The molecule has 0 radical (unpaired) electrons. The lowest BCUT2D eigenvalue weighted by molar-refractivity contribution is 0.0696. The molecule has 1 aromatic carbocycles. The predicted octanol–water partition coefficient (Wildman–Crippen LogP) is 1.35. The third-order valence-corrected chi connectivity index (χ3v) is 2.27. The predicted molar refractivity (Wildman–Crippen MR) is 48.3 cm³/mol. The molecule has 0 spiro atoms. The van der Waals surface area contributed by atoms with Gasteiger partial charge in [-0.2, -0.15) is 0 Å². The Kier molecular flexibility index (Phi) is 3.23. The maximum atomic E-state index is 10.6. The van der Waals surface area contributed by atoms with E-state index in [-0.39, 0.29) is 11.7 Å². The molecule has 1 aromatic rings. The SMILES string of the molecule is O=C(O)c1ccccc1C[PH](=O)O. The topological polar surface area (TPSA) is 74.6 Å². The minimum atomic E-state index is -2.66. The van der Waals surface area contributed by atoms with Gasteiger partial charge in [0.2, 0.25) is 0 Å². The summed E-state index contributed by atoms with van der Waals surface area (Å²) in [6.45, 7) is 0. The Morgan fingerprint density at radius 2 is 2.00 bits per heavy atom. The van der Waals surface area contributed by atoms with E-state index in [2.05, 4.69) is 0 Å². The lowest BCUT2D eigenvalue weighted by Crippen LogP contribution is -2.00. The van der Waals surface area contributed by atoms with Crippen molar-refractivity contribution < 1.29 is 19.4 Å². The number of hydrogen-bond donors (Lipinski definition) is 2. The highest BCUT2D eigenvalue weighted by atomic mass is 31.1. The quantitative estimate of drug-likeness (QED) is 0.722. The number of benzene rings is 1. The molecule has 0 heterocycles. The molecule has 0 bridgehead atoms. The highest BCUT2D eigenvalue weighted by Crippen LogP contribution is 2.23. The molecule has 2 N–H and O–H groups in total. The molecule has 0 aliphatic heterocycles. The second-order valence-electron chi connectivity index (χ2n) is 2.53. The van der Waals surface area contributed by atoms with Crippen molar-refractivity contribution in [3.8, 4) is 0 Å². The van der Waals surface area contributed by atoms with Crippen molar-refractivity contribution in [2.45, 2.75) is 6.16 Å². The van der Waals surface area contributed by atoms with E-state index in [1.807, 2.05) is 0 Å². The molecule has 13 heavy (non-hydrogen) atoms. The maximum absolute atomic E-state index is 10.6. The zero-order valence-corrected chi connectivity index (χ0v) is 7.73. The average Bonchev–Trinajstić information content (AvgIpc) is 2.03. The summed E-state index contributed by atoms with van der Waals surface area (Å²) in [6, 6.07) is 6.19. The van der Waals surface area contributed by atoms with Crippen molar-refractivity contribution in [3.63, 3.8) is 0 Å². The molecule has 0 saturated carbocycles. The zero-order chi connectivity index (χ0) is 9.84. The van der Waals surface area contributed by atoms with Crippen LogP contribution in [0.25, 0.3) is 0 Å². The van der Waals surface area contributed by atoms with Gasteiger partial charge in [0.15, 0.2) is 8.03 Å². The van der Waals surface area contributed by atoms with Gasteiger partial charge in [-0.05, 0) is 11.6 Å². The fourth-order valence-electron chi connectivity index (χ4n) is 1.05. The number of aromatic carboxylic acids is 1. The molecule has 4 nitrogen and oxygen atoms in total. The first-order valence-electron chi connectivity index (χ1n) is 3.64. The smallest absolute Gasteiger partial charge is 0.335 e. The average molecular weight is 200 g/mol. The normalized spacial score (nSPS) is 12.4. The lowest BCUT2D eigenvalue weighted by Gasteiger charge is -2.02. The number of carboxylic acid groups (broad SMARTS) is 1. The first-order valence-corrected chi connectivity index (χ1v) is 5.20. The van der Waals surface area contributed by atoms with Crippen molar-refractivity contribution in [3.05, 3.63) is 35.4 Å². The molecule has 0 fully saturated rings. The summed E-state index contributed by atoms with van der Waals surface area (Å²) in [5.74, 6) is -1.07. The summed E-state index contributed by atoms with van der Waals surface area (Å²) in [6.07, 6.45) is -0.0763. The third kappa shape index (κ3) is 2.68. The molecule has 0 saturated heterocycles. The van der Waals surface area contributed by atoms with Crippen LogP contribution in [0.5, 0.6) is 0 Å². The van der Waals surface area contributed by atoms with Gasteiger partial charge in [-0.15, -0.1) is 0 Å². The molecule has 1 unspecified atom stereocenters. The van der Waals surface area contributed by atoms with Gasteiger partial charge in [-0.25, -0.2) is 4.79 Å². The Morgan fingerprint density at radius 3 is 2.54 bits per heavy atom. The Bertz CT molecular complexity index is 348. The number of rotatable bonds is 3. The van der Waals surface area contributed by atoms with Gasteiger partial charge < -0.3 is 10.00 Å². The molecule has 0 aliphatic rings. The van der Waals surface area contributed by atoms with E-state index in [4.69, 9.17) is 10.00 Å². The molecule has 1 rings (SSSR count). The van der Waals surface area contributed by atoms with Gasteiger partial charge in [-0.3, -0.25) is 4.57 Å². The molecule has 5 heteroatoms. The second kappa shape index (κ2) is 4.21. The van der Waals surface area contributed by atoms with Crippen molar-refractivity contribution in [2.24, 2.45) is 0 Å². The Balaban J connectivity index is 3.04. The van der Waals surface area contributed by atoms with Gasteiger partial charge in [0.05, 0.1) is 5.56 Å². The fourth-order valence-corrected chi connectivity index (χ4v) is 1.68. The van der Waals surface area contributed by atoms with Crippen LogP contribution >= 0.6 is 8.03 Å². The van der Waals surface area contributed by atoms with Crippen LogP contribution in [0.1, 0.15) is 15.9 Å². The van der Waals surface area contributed by atoms with Crippen LogP contribution < -0.4 is 0 Å². The number of carboxylic acids is 1. The van der Waals surface area contributed by atoms with Crippen LogP contribution in [0.4, 0.5) is 0 Å². The van der Waals surface area contributed by atoms with Gasteiger partial charge >= 0.3 is 5.97 Å². The monoisotopic (exact) mass is 200 g/mol. The van der Waals surface area contributed by atoms with Crippen LogP contribution in [0.3, 0.4) is 0 Å². The van der Waals surface area contributed by atoms with Crippen LogP contribution in [0, 0.1) is 0 Å². The van der Waals surface area contributed by atoms with E-state index in [1.165, 1.54) is 6.07 Å². The first kappa shape index (κ1) is 9.96. The van der Waals surface area contributed by atoms with Crippen LogP contribution in [-0.4, -0.2) is 16.0 Å². The largest absolute Gasteiger partial charge is 0.478 e. The van der Waals surface area contributed by atoms with Gasteiger partial charge in [0, 0.05) is 6.16 Å². The lowest BCUT2D eigenvalue weighted by atomic mass is 10.1. The van der Waals surface area contributed by atoms with E-state index in [1.54, 1.807) is 18.2 Å². The van der Waals surface area contributed by atoms with E-state index < -0.39 is 14.0 Å². The summed E-state index contributed by atoms with van der Waals surface area (Å²) in [7, 11) is -2.66. The molecule has 0 aromatic heterocycles. The summed E-state index contributed by atoms with van der Waals surface area (Å²) < 4.78 is 10.5. The second-order valence-corrected chi connectivity index (χ2v) is 3.67. The van der Waals surface area contributed by atoms with Gasteiger partial charge in [-0.1, -0.05) is 18.2 Å². The molecule has 0 amide bonds. The first-order chi connectivity index (χ1) is 6.11. The summed E-state index contributed by atoms with van der Waals surface area (Å²) in [5.41, 5.74) is 0.497. The molecular weight excluding hydrogens is 191 g/mol. The highest BCUT2D eigenvalue weighted by Gasteiger charge is 2.09. The zero-order valence-electron chi connectivity index (χ0n) is 6.73. The summed E-state index contributed by atoms with van der Waals surface area (Å²) >= 11 is 0. The maximum Gasteiger partial charge on any atom is 0.335 e. The van der Waals surface area contributed by atoms with E-state index in [0.29, 0.717) is 5.56 Å². The van der Waals surface area contributed by atoms with E-state index in [0.717, 1.165) is 0 Å². The van der Waals surface area contributed by atoms with Crippen LogP contribution in [0.15, 0.2) is 24.3 Å². The fraction of sp³-hybridized carbons (Fsp3) is 0.125. The summed E-state index contributed by atoms with van der Waals surface area (Å²) in [4.78, 5) is 19.3. The summed E-state index contributed by atoms with van der Waals surface area (Å²) in [5, 5.41) is 8.71. The van der Waals surface area contributed by atoms with Crippen molar-refractivity contribution >= 4 is 14.0 Å². The molecular formula is C8H9O4P. The standard InChI is InChI=1S/C8H9O4P/c9-8(10)7-4-2-1-3-6(7)5-13(11)12/h1-4,13H,5H2,(H,9,10)(H,11,12). The van der Waals surface area contributed by atoms with Gasteiger partial charge in [0.1, 0.15) is 0 Å². The van der Waals surface area contributed by atoms with Crippen molar-refractivity contribution in [1.82, 2.24) is 0 Å². The minimum Gasteiger partial charge on any atom is -0.478 e. The van der Waals surface area contributed by atoms with Gasteiger partial charge in [0.25, 0.3) is 0 Å². The van der Waals surface area contributed by atoms with E-state index in [9.17, 15) is 9.36 Å². The molecule has 70 valence electrons. The molecule has 0 aliphatic carbocycles. The number of carbonyl (C=O) groups is 1. The Labute approximate surface area is 75.7 Å². The Morgan fingerprint density at radius 1 is 1.38 bits per heavy atom. The van der Waals surface area contributed by atoms with Crippen LogP contribution in [0.2, 0.25) is 0 Å². The number of hydrogen-bond acceptors (Lipinski definition) is 2. The minimum absolute atomic E-state index is 0.0763. The molecule has 1 atom stereocenters. The van der Waals surface area contributed by atoms with E-state index >= 15 is 0 Å². The van der Waals surface area contributed by atoms with Crippen LogP contribution in [-0.2, 0) is 10.7 Å². The Hall–Kier alpha value is -1.12. The van der Waals surface area contributed by atoms with Crippen molar-refractivity contribution in [1.29, 1.82) is 0 Å².